The molecule has 0 bridgehead atoms. The summed E-state index contributed by atoms with van der Waals surface area (Å²) in [5, 5.41) is 10.1. The first-order valence-corrected chi connectivity index (χ1v) is 9.78. The minimum absolute atomic E-state index is 0.0255. The third-order valence-electron chi connectivity index (χ3n) is 5.47. The maximum atomic E-state index is 13.2. The van der Waals surface area contributed by atoms with Crippen LogP contribution in [0.3, 0.4) is 0 Å². The zero-order valence-corrected chi connectivity index (χ0v) is 16.6. The van der Waals surface area contributed by atoms with Gasteiger partial charge >= 0.3 is 0 Å². The monoisotopic (exact) mass is 399 g/mol. The van der Waals surface area contributed by atoms with Gasteiger partial charge in [-0.25, -0.2) is 4.39 Å². The summed E-state index contributed by atoms with van der Waals surface area (Å²) < 4.78 is 18.7. The summed E-state index contributed by atoms with van der Waals surface area (Å²) in [7, 11) is 0. The highest BCUT2D eigenvalue weighted by Crippen LogP contribution is 2.33. The van der Waals surface area contributed by atoms with Crippen LogP contribution >= 0.6 is 0 Å². The normalized spacial score (nSPS) is 19.1. The first kappa shape index (κ1) is 21.0. The number of ketones is 1. The molecule has 5 nitrogen and oxygen atoms in total. The van der Waals surface area contributed by atoms with Crippen molar-refractivity contribution in [2.24, 2.45) is 5.41 Å². The van der Waals surface area contributed by atoms with Crippen molar-refractivity contribution in [1.82, 2.24) is 4.90 Å². The van der Waals surface area contributed by atoms with Crippen molar-refractivity contribution in [3.05, 3.63) is 65.5 Å². The number of amides is 1. The molecule has 1 atom stereocenters. The second kappa shape index (κ2) is 9.18. The number of hydrogen-bond acceptors (Lipinski definition) is 4. The highest BCUT2D eigenvalue weighted by atomic mass is 19.1. The average molecular weight is 399 g/mol. The molecule has 1 N–H and O–H groups in total. The fourth-order valence-electron chi connectivity index (χ4n) is 3.81. The fourth-order valence-corrected chi connectivity index (χ4v) is 3.81. The highest BCUT2D eigenvalue weighted by molar-refractivity contribution is 5.94. The second-order valence-corrected chi connectivity index (χ2v) is 7.75. The number of Topliss-reactive ketones (excluding diaryl/α,β-unsaturated/α-hetero) is 1. The lowest BCUT2D eigenvalue weighted by Crippen LogP contribution is -2.50. The molecule has 0 radical (unpaired) electrons. The Labute approximate surface area is 170 Å². The minimum atomic E-state index is -0.436. The molecular formula is C23H26FNO4. The Balaban J connectivity index is 1.60. The van der Waals surface area contributed by atoms with Crippen molar-refractivity contribution >= 4 is 11.7 Å². The van der Waals surface area contributed by atoms with Crippen LogP contribution in [0.25, 0.3) is 0 Å². The van der Waals surface area contributed by atoms with Gasteiger partial charge in [-0.1, -0.05) is 12.1 Å². The Hall–Kier alpha value is -2.73. The summed E-state index contributed by atoms with van der Waals surface area (Å²) in [6, 6.07) is 13.0. The van der Waals surface area contributed by atoms with Gasteiger partial charge in [-0.15, -0.1) is 0 Å². The van der Waals surface area contributed by atoms with Gasteiger partial charge in [0.2, 0.25) is 0 Å². The van der Waals surface area contributed by atoms with Crippen LogP contribution in [0, 0.1) is 11.2 Å². The third kappa shape index (κ3) is 5.41. The molecule has 1 saturated heterocycles. The molecule has 154 valence electrons. The van der Waals surface area contributed by atoms with E-state index in [-0.39, 0.29) is 30.7 Å². The van der Waals surface area contributed by atoms with Gasteiger partial charge in [0.1, 0.15) is 11.6 Å². The zero-order chi connectivity index (χ0) is 20.9. The number of rotatable bonds is 7. The molecule has 0 saturated carbocycles. The van der Waals surface area contributed by atoms with Crippen molar-refractivity contribution in [3.63, 3.8) is 0 Å². The summed E-state index contributed by atoms with van der Waals surface area (Å²) in [6.07, 6.45) is 2.18. The topological polar surface area (TPSA) is 66.8 Å². The van der Waals surface area contributed by atoms with E-state index < -0.39 is 5.41 Å². The van der Waals surface area contributed by atoms with Crippen LogP contribution in [-0.2, 0) is 11.2 Å². The molecule has 0 spiro atoms. The number of ether oxygens (including phenoxy) is 1. The summed E-state index contributed by atoms with van der Waals surface area (Å²) >= 11 is 0. The third-order valence-corrected chi connectivity index (χ3v) is 5.47. The molecule has 3 rings (SSSR count). The average Bonchev–Trinajstić information content (AvgIpc) is 2.74. The SMILES string of the molecule is CC(=O)c1ccc(OCC(=O)N2CCCC(CO)(Cc3ccc(F)cc3)C2)cc1. The fraction of sp³-hybridized carbons (Fsp3) is 0.391. The van der Waals surface area contributed by atoms with Crippen molar-refractivity contribution in [1.29, 1.82) is 0 Å². The van der Waals surface area contributed by atoms with Crippen molar-refractivity contribution in [2.45, 2.75) is 26.2 Å². The largest absolute Gasteiger partial charge is 0.484 e. The van der Waals surface area contributed by atoms with Crippen LogP contribution in [0.4, 0.5) is 4.39 Å². The molecule has 1 heterocycles. The molecule has 1 amide bonds. The van der Waals surface area contributed by atoms with Gasteiger partial charge in [-0.05, 0) is 68.1 Å². The van der Waals surface area contributed by atoms with E-state index in [1.807, 2.05) is 0 Å². The van der Waals surface area contributed by atoms with Crippen molar-refractivity contribution in [2.75, 3.05) is 26.3 Å². The standard InChI is InChI=1S/C23H26FNO4/c1-17(27)19-5-9-21(10-6-19)29-14-22(28)25-12-2-11-23(15-25,16-26)13-18-3-7-20(24)8-4-18/h3-10,26H,2,11-16H2,1H3. The van der Waals surface area contributed by atoms with Gasteiger partial charge in [0.15, 0.2) is 12.4 Å². The number of piperidine rings is 1. The molecule has 29 heavy (non-hydrogen) atoms. The highest BCUT2D eigenvalue weighted by Gasteiger charge is 2.37. The first-order chi connectivity index (χ1) is 13.9. The van der Waals surface area contributed by atoms with Crippen LogP contribution in [0.5, 0.6) is 5.75 Å². The summed E-state index contributed by atoms with van der Waals surface area (Å²) in [4.78, 5) is 25.7. The lowest BCUT2D eigenvalue weighted by atomic mass is 9.75. The van der Waals surface area contributed by atoms with Crippen LogP contribution in [0.15, 0.2) is 48.5 Å². The number of hydrogen-bond donors (Lipinski definition) is 1. The first-order valence-electron chi connectivity index (χ1n) is 9.78. The van der Waals surface area contributed by atoms with Gasteiger partial charge in [0.05, 0.1) is 6.61 Å². The van der Waals surface area contributed by atoms with Crippen LogP contribution in [0.1, 0.15) is 35.7 Å². The maximum Gasteiger partial charge on any atom is 0.260 e. The van der Waals surface area contributed by atoms with E-state index in [1.54, 1.807) is 41.3 Å². The number of likely N-dealkylation sites (tertiary alicyclic amines) is 1. The quantitative estimate of drug-likeness (QED) is 0.726. The smallest absolute Gasteiger partial charge is 0.260 e. The lowest BCUT2D eigenvalue weighted by molar-refractivity contribution is -0.137. The molecule has 2 aromatic rings. The molecular weight excluding hydrogens is 373 g/mol. The van der Waals surface area contributed by atoms with E-state index in [2.05, 4.69) is 0 Å². The van der Waals surface area contributed by atoms with Crippen molar-refractivity contribution < 1.29 is 23.8 Å². The number of halogens is 1. The lowest BCUT2D eigenvalue weighted by Gasteiger charge is -2.42. The Morgan fingerprint density at radius 2 is 1.83 bits per heavy atom. The van der Waals surface area contributed by atoms with Gasteiger partial charge in [-0.2, -0.15) is 0 Å². The molecule has 1 aliphatic heterocycles. The van der Waals surface area contributed by atoms with E-state index in [9.17, 15) is 19.1 Å². The summed E-state index contributed by atoms with van der Waals surface area (Å²) in [6.45, 7) is 2.41. The predicted octanol–water partition coefficient (Wildman–Crippen LogP) is 3.25. The molecule has 1 aliphatic rings. The Kier molecular flexibility index (Phi) is 6.64. The van der Waals surface area contributed by atoms with E-state index in [0.717, 1.165) is 18.4 Å². The molecule has 2 aromatic carbocycles. The van der Waals surface area contributed by atoms with E-state index >= 15 is 0 Å². The number of aliphatic hydroxyl groups excluding tert-OH is 1. The number of carbonyl (C=O) groups is 2. The number of carbonyl (C=O) groups excluding carboxylic acids is 2. The maximum absolute atomic E-state index is 13.2. The summed E-state index contributed by atoms with van der Waals surface area (Å²) in [5.41, 5.74) is 1.10. The minimum Gasteiger partial charge on any atom is -0.484 e. The van der Waals surface area contributed by atoms with Gasteiger partial charge in [0, 0.05) is 24.1 Å². The second-order valence-electron chi connectivity index (χ2n) is 7.75. The van der Waals surface area contributed by atoms with Gasteiger partial charge in [-0.3, -0.25) is 9.59 Å². The number of aliphatic hydroxyl groups is 1. The van der Waals surface area contributed by atoms with E-state index in [0.29, 0.717) is 30.8 Å². The van der Waals surface area contributed by atoms with E-state index in [4.69, 9.17) is 4.74 Å². The van der Waals surface area contributed by atoms with Crippen LogP contribution in [0.2, 0.25) is 0 Å². The number of nitrogens with zero attached hydrogens (tertiary/aromatic N) is 1. The zero-order valence-electron chi connectivity index (χ0n) is 16.6. The predicted molar refractivity (Wildman–Crippen MR) is 107 cm³/mol. The van der Waals surface area contributed by atoms with Crippen molar-refractivity contribution in [3.8, 4) is 5.75 Å². The summed E-state index contributed by atoms with van der Waals surface area (Å²) in [5.74, 6) is 0.0699. The van der Waals surface area contributed by atoms with Crippen LogP contribution in [-0.4, -0.2) is 48.0 Å². The molecule has 0 aliphatic carbocycles. The molecule has 1 fully saturated rings. The Morgan fingerprint density at radius 3 is 2.45 bits per heavy atom. The number of benzene rings is 2. The Morgan fingerprint density at radius 1 is 1.14 bits per heavy atom. The van der Waals surface area contributed by atoms with Gasteiger partial charge < -0.3 is 14.7 Å². The molecule has 0 aromatic heterocycles. The Bertz CT molecular complexity index is 850. The molecule has 1 unspecified atom stereocenters. The van der Waals surface area contributed by atoms with Crippen LogP contribution < -0.4 is 4.74 Å². The van der Waals surface area contributed by atoms with Gasteiger partial charge in [0.25, 0.3) is 5.91 Å². The van der Waals surface area contributed by atoms with E-state index in [1.165, 1.54) is 19.1 Å². The molecule has 6 heteroatoms.